The maximum Gasteiger partial charge on any atom is 0.139 e. The molecule has 3 rings (SSSR count). The lowest BCUT2D eigenvalue weighted by Crippen LogP contribution is -1.91. The average molecular weight is 438 g/mol. The Morgan fingerprint density at radius 2 is 1.73 bits per heavy atom. The number of aryl methyl sites for hydroxylation is 1. The van der Waals surface area contributed by atoms with Gasteiger partial charge in [-0.1, -0.05) is 50.2 Å². The van der Waals surface area contributed by atoms with E-state index in [0.717, 1.165) is 17.4 Å². The molecule has 0 saturated carbocycles. The summed E-state index contributed by atoms with van der Waals surface area (Å²) in [5.74, 6) is 4.68. The summed E-state index contributed by atoms with van der Waals surface area (Å²) in [6.45, 7) is 2.20. The summed E-state index contributed by atoms with van der Waals surface area (Å²) in [7, 11) is 0. The molecule has 1 aromatic heterocycles. The monoisotopic (exact) mass is 437 g/mol. The molecule has 0 saturated heterocycles. The Labute approximate surface area is 185 Å². The molecule has 0 aliphatic heterocycles. The number of hydrogen-bond donors (Lipinski definition) is 0. The van der Waals surface area contributed by atoms with E-state index in [0.29, 0.717) is 11.3 Å². The van der Waals surface area contributed by atoms with E-state index in [1.54, 1.807) is 35.6 Å². The van der Waals surface area contributed by atoms with Crippen molar-refractivity contribution in [3.63, 3.8) is 0 Å². The van der Waals surface area contributed by atoms with Crippen molar-refractivity contribution in [2.24, 2.45) is 4.99 Å². The molecule has 0 bridgehead atoms. The SMILES string of the molecule is CCCCCCc1ccc(C#Cc2cc(F)c(-c3ccc(N=C=S)cc3)cc2F)s1. The van der Waals surface area contributed by atoms with Crippen molar-refractivity contribution in [1.29, 1.82) is 0 Å². The lowest BCUT2D eigenvalue weighted by molar-refractivity contribution is 0.600. The van der Waals surface area contributed by atoms with Crippen LogP contribution < -0.4 is 0 Å². The number of thiophene rings is 1. The molecule has 0 aliphatic rings. The van der Waals surface area contributed by atoms with Crippen molar-refractivity contribution in [2.75, 3.05) is 0 Å². The van der Waals surface area contributed by atoms with Crippen LogP contribution >= 0.6 is 23.6 Å². The van der Waals surface area contributed by atoms with E-state index < -0.39 is 11.6 Å². The Balaban J connectivity index is 1.75. The van der Waals surface area contributed by atoms with Crippen LogP contribution in [0.4, 0.5) is 14.5 Å². The van der Waals surface area contributed by atoms with Crippen LogP contribution in [0.25, 0.3) is 11.1 Å². The van der Waals surface area contributed by atoms with Crippen molar-refractivity contribution >= 4 is 34.4 Å². The average Bonchev–Trinajstić information content (AvgIpc) is 3.20. The summed E-state index contributed by atoms with van der Waals surface area (Å²) in [5, 5.41) is 2.27. The van der Waals surface area contributed by atoms with E-state index in [4.69, 9.17) is 0 Å². The molecule has 0 unspecified atom stereocenters. The molecule has 0 radical (unpaired) electrons. The molecule has 1 nitrogen and oxygen atoms in total. The predicted molar refractivity (Wildman–Crippen MR) is 125 cm³/mol. The van der Waals surface area contributed by atoms with Gasteiger partial charge in [-0.25, -0.2) is 8.78 Å². The molecular weight excluding hydrogens is 416 g/mol. The highest BCUT2D eigenvalue weighted by Gasteiger charge is 2.11. The molecule has 0 N–H and O–H groups in total. The first-order chi connectivity index (χ1) is 14.6. The summed E-state index contributed by atoms with van der Waals surface area (Å²) in [4.78, 5) is 5.99. The maximum atomic E-state index is 14.6. The van der Waals surface area contributed by atoms with Crippen molar-refractivity contribution in [3.05, 3.63) is 75.5 Å². The second-order valence-corrected chi connectivity index (χ2v) is 8.24. The molecule has 0 atom stereocenters. The Morgan fingerprint density at radius 3 is 2.47 bits per heavy atom. The number of halogens is 2. The highest BCUT2D eigenvalue weighted by Crippen LogP contribution is 2.27. The van der Waals surface area contributed by atoms with E-state index in [2.05, 4.69) is 47.2 Å². The third-order valence-corrected chi connectivity index (χ3v) is 5.82. The number of benzene rings is 2. The first-order valence-electron chi connectivity index (χ1n) is 9.88. The Kier molecular flexibility index (Phi) is 8.04. The summed E-state index contributed by atoms with van der Waals surface area (Å²) >= 11 is 6.18. The lowest BCUT2D eigenvalue weighted by Gasteiger charge is -2.05. The zero-order valence-corrected chi connectivity index (χ0v) is 18.3. The van der Waals surface area contributed by atoms with Crippen LogP contribution in [0.15, 0.2) is 53.5 Å². The maximum absolute atomic E-state index is 14.6. The first-order valence-corrected chi connectivity index (χ1v) is 11.1. The van der Waals surface area contributed by atoms with Crippen LogP contribution in [0.3, 0.4) is 0 Å². The fraction of sp³-hybridized carbons (Fsp3) is 0.240. The molecule has 30 heavy (non-hydrogen) atoms. The normalized spacial score (nSPS) is 10.2. The summed E-state index contributed by atoms with van der Waals surface area (Å²) < 4.78 is 29.2. The zero-order chi connectivity index (χ0) is 21.3. The molecule has 0 spiro atoms. The lowest BCUT2D eigenvalue weighted by atomic mass is 10.0. The van der Waals surface area contributed by atoms with Gasteiger partial charge < -0.3 is 0 Å². The van der Waals surface area contributed by atoms with E-state index >= 15 is 0 Å². The number of hydrogen-bond acceptors (Lipinski definition) is 3. The number of isothiocyanates is 1. The van der Waals surface area contributed by atoms with Crippen LogP contribution in [-0.2, 0) is 6.42 Å². The predicted octanol–water partition coefficient (Wildman–Crippen LogP) is 7.95. The fourth-order valence-electron chi connectivity index (χ4n) is 3.07. The van der Waals surface area contributed by atoms with Gasteiger partial charge in [-0.15, -0.1) is 11.3 Å². The van der Waals surface area contributed by atoms with E-state index in [9.17, 15) is 8.78 Å². The van der Waals surface area contributed by atoms with Gasteiger partial charge in [0.25, 0.3) is 0 Å². The minimum Gasteiger partial charge on any atom is -0.206 e. The molecule has 0 amide bonds. The number of rotatable bonds is 7. The molecule has 5 heteroatoms. The van der Waals surface area contributed by atoms with Gasteiger partial charge in [0.05, 0.1) is 21.3 Å². The topological polar surface area (TPSA) is 12.4 Å². The van der Waals surface area contributed by atoms with E-state index in [-0.39, 0.29) is 11.1 Å². The zero-order valence-electron chi connectivity index (χ0n) is 16.7. The van der Waals surface area contributed by atoms with Gasteiger partial charge in [-0.05, 0) is 67.0 Å². The molecule has 3 aromatic rings. The quantitative estimate of drug-likeness (QED) is 0.158. The van der Waals surface area contributed by atoms with Crippen molar-refractivity contribution < 1.29 is 8.78 Å². The van der Waals surface area contributed by atoms with Crippen LogP contribution in [-0.4, -0.2) is 5.16 Å². The fourth-order valence-corrected chi connectivity index (χ4v) is 4.07. The smallest absolute Gasteiger partial charge is 0.139 e. The van der Waals surface area contributed by atoms with Crippen molar-refractivity contribution in [2.45, 2.75) is 39.0 Å². The highest BCUT2D eigenvalue weighted by atomic mass is 32.1. The molecule has 152 valence electrons. The third-order valence-electron chi connectivity index (χ3n) is 4.67. The van der Waals surface area contributed by atoms with Crippen LogP contribution in [0, 0.1) is 23.5 Å². The molecule has 0 aliphatic carbocycles. The molecule has 1 heterocycles. The first kappa shape index (κ1) is 22.1. The third kappa shape index (κ3) is 5.93. The number of thiocarbonyl (C=S) groups is 1. The minimum absolute atomic E-state index is 0.0519. The van der Waals surface area contributed by atoms with Crippen molar-refractivity contribution in [1.82, 2.24) is 0 Å². The molecular formula is C25H21F2NS2. The summed E-state index contributed by atoms with van der Waals surface area (Å²) in [5.41, 5.74) is 1.40. The van der Waals surface area contributed by atoms with Crippen LogP contribution in [0.2, 0.25) is 0 Å². The van der Waals surface area contributed by atoms with Crippen molar-refractivity contribution in [3.8, 4) is 23.0 Å². The van der Waals surface area contributed by atoms with Gasteiger partial charge in [0.1, 0.15) is 11.6 Å². The number of unbranched alkanes of at least 4 members (excludes halogenated alkanes) is 3. The van der Waals surface area contributed by atoms with Gasteiger partial charge in [-0.3, -0.25) is 0 Å². The van der Waals surface area contributed by atoms with Gasteiger partial charge in [0.2, 0.25) is 0 Å². The Bertz CT molecular complexity index is 1110. The summed E-state index contributed by atoms with van der Waals surface area (Å²) in [6.07, 6.45) is 5.91. The second kappa shape index (κ2) is 10.9. The van der Waals surface area contributed by atoms with Crippen LogP contribution in [0.1, 0.15) is 47.9 Å². The number of aliphatic imine (C=N–C) groups is 1. The van der Waals surface area contributed by atoms with E-state index in [1.165, 1.54) is 36.6 Å². The van der Waals surface area contributed by atoms with E-state index in [1.807, 2.05) is 6.07 Å². The molecule has 2 aromatic carbocycles. The highest BCUT2D eigenvalue weighted by molar-refractivity contribution is 7.78. The van der Waals surface area contributed by atoms with Gasteiger partial charge in [-0.2, -0.15) is 4.99 Å². The summed E-state index contributed by atoms with van der Waals surface area (Å²) in [6, 6.07) is 13.0. The second-order valence-electron chi connectivity index (χ2n) is 6.89. The molecule has 0 fully saturated rings. The van der Waals surface area contributed by atoms with Gasteiger partial charge in [0, 0.05) is 10.4 Å². The Morgan fingerprint density at radius 1 is 0.933 bits per heavy atom. The number of nitrogens with zero attached hydrogens (tertiary/aromatic N) is 1. The standard InChI is InChI=1S/C25H21F2NS2/c1-2-3-4-5-6-21-13-14-22(30-21)12-9-19-15-25(27)23(16-24(19)26)18-7-10-20(11-8-18)28-17-29/h7-8,10-11,13-16H,2-6H2,1H3. The van der Waals surface area contributed by atoms with Gasteiger partial charge >= 0.3 is 0 Å². The van der Waals surface area contributed by atoms with Crippen LogP contribution in [0.5, 0.6) is 0 Å². The minimum atomic E-state index is -0.545. The Hall–Kier alpha value is -2.64. The van der Waals surface area contributed by atoms with Gasteiger partial charge in [0.15, 0.2) is 0 Å². The largest absolute Gasteiger partial charge is 0.206 e.